The summed E-state index contributed by atoms with van der Waals surface area (Å²) in [6.07, 6.45) is 1.85. The second-order valence-corrected chi connectivity index (χ2v) is 5.71. The largest absolute Gasteiger partial charge is 0.378 e. The predicted octanol–water partition coefficient (Wildman–Crippen LogP) is 2.23. The molecule has 0 bridgehead atoms. The van der Waals surface area contributed by atoms with Crippen LogP contribution in [-0.4, -0.2) is 41.1 Å². The molecule has 0 saturated carbocycles. The summed E-state index contributed by atoms with van der Waals surface area (Å²) in [7, 11) is 1.90. The van der Waals surface area contributed by atoms with Crippen molar-refractivity contribution in [1.82, 2.24) is 14.8 Å². The lowest BCUT2D eigenvalue weighted by molar-refractivity contribution is 0.122. The van der Waals surface area contributed by atoms with E-state index in [0.717, 1.165) is 49.2 Å². The summed E-state index contributed by atoms with van der Waals surface area (Å²) in [6.45, 7) is 5.84. The monoisotopic (exact) mass is 321 g/mol. The van der Waals surface area contributed by atoms with Crippen LogP contribution in [0.4, 0.5) is 11.5 Å². The second kappa shape index (κ2) is 6.54. The van der Waals surface area contributed by atoms with Gasteiger partial charge in [-0.25, -0.2) is 4.98 Å². The predicted molar refractivity (Wildman–Crippen MR) is 87.6 cm³/mol. The van der Waals surface area contributed by atoms with Crippen molar-refractivity contribution in [2.45, 2.75) is 13.5 Å². The van der Waals surface area contributed by atoms with Gasteiger partial charge < -0.3 is 15.0 Å². The highest BCUT2D eigenvalue weighted by Crippen LogP contribution is 2.21. The Morgan fingerprint density at radius 2 is 2.09 bits per heavy atom. The van der Waals surface area contributed by atoms with Gasteiger partial charge in [-0.2, -0.15) is 5.10 Å². The molecule has 0 aliphatic carbocycles. The summed E-state index contributed by atoms with van der Waals surface area (Å²) in [5, 5.41) is 8.36. The molecule has 0 amide bonds. The molecule has 0 radical (unpaired) electrons. The molecule has 1 saturated heterocycles. The third-order valence-electron chi connectivity index (χ3n) is 3.80. The van der Waals surface area contributed by atoms with Crippen molar-refractivity contribution in [3.8, 4) is 0 Å². The van der Waals surface area contributed by atoms with E-state index >= 15 is 0 Å². The Balaban J connectivity index is 1.63. The molecule has 1 aliphatic rings. The molecule has 0 atom stereocenters. The number of aromatic nitrogens is 3. The minimum atomic E-state index is 0.620. The lowest BCUT2D eigenvalue weighted by Crippen LogP contribution is -2.36. The quantitative estimate of drug-likeness (QED) is 0.936. The highest BCUT2D eigenvalue weighted by atomic mass is 35.5. The van der Waals surface area contributed by atoms with Crippen LogP contribution in [-0.2, 0) is 18.3 Å². The highest BCUT2D eigenvalue weighted by Gasteiger charge is 2.13. The summed E-state index contributed by atoms with van der Waals surface area (Å²) >= 11 is 6.25. The topological polar surface area (TPSA) is 55.2 Å². The van der Waals surface area contributed by atoms with Gasteiger partial charge in [0.25, 0.3) is 0 Å². The number of morpholine rings is 1. The highest BCUT2D eigenvalue weighted by molar-refractivity contribution is 6.31. The van der Waals surface area contributed by atoms with Gasteiger partial charge >= 0.3 is 0 Å². The average Bonchev–Trinajstić information content (AvgIpc) is 2.79. The van der Waals surface area contributed by atoms with E-state index in [0.29, 0.717) is 11.6 Å². The van der Waals surface area contributed by atoms with E-state index in [9.17, 15) is 0 Å². The van der Waals surface area contributed by atoms with E-state index in [-0.39, 0.29) is 0 Å². The Morgan fingerprint density at radius 3 is 2.68 bits per heavy atom. The van der Waals surface area contributed by atoms with Crippen LogP contribution in [0, 0.1) is 6.92 Å². The summed E-state index contributed by atoms with van der Waals surface area (Å²) in [5.41, 5.74) is 2.78. The van der Waals surface area contributed by atoms with Crippen molar-refractivity contribution in [2.24, 2.45) is 7.05 Å². The maximum atomic E-state index is 6.25. The normalized spacial score (nSPS) is 15.1. The minimum absolute atomic E-state index is 0.620. The fraction of sp³-hybridized carbons (Fsp3) is 0.467. The van der Waals surface area contributed by atoms with Gasteiger partial charge in [0.05, 0.1) is 48.1 Å². The fourth-order valence-electron chi connectivity index (χ4n) is 2.53. The maximum Gasteiger partial charge on any atom is 0.128 e. The number of pyridine rings is 1. The molecule has 6 nitrogen and oxygen atoms in total. The molecule has 2 aromatic rings. The first-order valence-electron chi connectivity index (χ1n) is 7.36. The Bertz CT molecular complexity index is 634. The van der Waals surface area contributed by atoms with Gasteiger partial charge in [0.1, 0.15) is 5.82 Å². The van der Waals surface area contributed by atoms with Gasteiger partial charge in [0.15, 0.2) is 0 Å². The molecule has 22 heavy (non-hydrogen) atoms. The minimum Gasteiger partial charge on any atom is -0.378 e. The standard InChI is InChI=1S/C15H20ClN5O/c1-11-15(16)13(20(2)19-11)10-17-12-3-4-14(18-9-12)21-5-7-22-8-6-21/h3-4,9,17H,5-8,10H2,1-2H3. The summed E-state index contributed by atoms with van der Waals surface area (Å²) in [5.74, 6) is 0.989. The molecular weight excluding hydrogens is 302 g/mol. The SMILES string of the molecule is Cc1nn(C)c(CNc2ccc(N3CCOCC3)nc2)c1Cl. The van der Waals surface area contributed by atoms with Crippen molar-refractivity contribution in [1.29, 1.82) is 0 Å². The Labute approximate surface area is 135 Å². The van der Waals surface area contributed by atoms with Gasteiger partial charge in [-0.05, 0) is 19.1 Å². The first-order valence-corrected chi connectivity index (χ1v) is 7.73. The first kappa shape index (κ1) is 15.1. The molecule has 7 heteroatoms. The zero-order valence-corrected chi connectivity index (χ0v) is 13.6. The van der Waals surface area contributed by atoms with Crippen molar-refractivity contribution in [3.05, 3.63) is 34.7 Å². The fourth-order valence-corrected chi connectivity index (χ4v) is 2.75. The number of anilines is 2. The molecule has 1 fully saturated rings. The molecule has 2 aromatic heterocycles. The number of hydrogen-bond acceptors (Lipinski definition) is 5. The smallest absolute Gasteiger partial charge is 0.128 e. The van der Waals surface area contributed by atoms with Crippen molar-refractivity contribution in [3.63, 3.8) is 0 Å². The number of rotatable bonds is 4. The number of hydrogen-bond donors (Lipinski definition) is 1. The van der Waals surface area contributed by atoms with Gasteiger partial charge in [0, 0.05) is 20.1 Å². The molecule has 0 spiro atoms. The van der Waals surface area contributed by atoms with E-state index in [1.165, 1.54) is 0 Å². The molecule has 3 heterocycles. The molecule has 3 rings (SSSR count). The third kappa shape index (κ3) is 3.18. The van der Waals surface area contributed by atoms with E-state index in [1.54, 1.807) is 4.68 Å². The van der Waals surface area contributed by atoms with Crippen LogP contribution in [0.15, 0.2) is 18.3 Å². The van der Waals surface area contributed by atoms with Gasteiger partial charge in [-0.15, -0.1) is 0 Å². The number of nitrogens with zero attached hydrogens (tertiary/aromatic N) is 4. The van der Waals surface area contributed by atoms with Crippen LogP contribution in [0.1, 0.15) is 11.4 Å². The summed E-state index contributed by atoms with van der Waals surface area (Å²) in [6, 6.07) is 4.07. The van der Waals surface area contributed by atoms with Crippen molar-refractivity contribution < 1.29 is 4.74 Å². The number of nitrogens with one attached hydrogen (secondary N) is 1. The van der Waals surface area contributed by atoms with Crippen LogP contribution in [0.3, 0.4) is 0 Å². The second-order valence-electron chi connectivity index (χ2n) is 5.33. The molecule has 1 aliphatic heterocycles. The first-order chi connectivity index (χ1) is 10.6. The lowest BCUT2D eigenvalue weighted by Gasteiger charge is -2.27. The van der Waals surface area contributed by atoms with Gasteiger partial charge in [-0.1, -0.05) is 11.6 Å². The van der Waals surface area contributed by atoms with Crippen LogP contribution in [0.2, 0.25) is 5.02 Å². The van der Waals surface area contributed by atoms with E-state index in [1.807, 2.05) is 32.3 Å². The Hall–Kier alpha value is -1.79. The van der Waals surface area contributed by atoms with E-state index in [2.05, 4.69) is 20.3 Å². The zero-order chi connectivity index (χ0) is 15.5. The van der Waals surface area contributed by atoms with Crippen molar-refractivity contribution >= 4 is 23.1 Å². The van der Waals surface area contributed by atoms with Gasteiger partial charge in [-0.3, -0.25) is 4.68 Å². The van der Waals surface area contributed by atoms with Crippen LogP contribution < -0.4 is 10.2 Å². The summed E-state index contributed by atoms with van der Waals surface area (Å²) < 4.78 is 7.16. The third-order valence-corrected chi connectivity index (χ3v) is 4.30. The molecule has 0 unspecified atom stereocenters. The van der Waals surface area contributed by atoms with E-state index in [4.69, 9.17) is 16.3 Å². The zero-order valence-electron chi connectivity index (χ0n) is 12.8. The van der Waals surface area contributed by atoms with Crippen LogP contribution in [0.5, 0.6) is 0 Å². The lowest BCUT2D eigenvalue weighted by atomic mass is 10.3. The Kier molecular flexibility index (Phi) is 4.49. The molecule has 118 valence electrons. The van der Waals surface area contributed by atoms with E-state index < -0.39 is 0 Å². The average molecular weight is 322 g/mol. The number of aryl methyl sites for hydroxylation is 2. The number of ether oxygens (including phenoxy) is 1. The Morgan fingerprint density at radius 1 is 1.32 bits per heavy atom. The van der Waals surface area contributed by atoms with Gasteiger partial charge in [0.2, 0.25) is 0 Å². The molecule has 0 aromatic carbocycles. The summed E-state index contributed by atoms with van der Waals surface area (Å²) in [4.78, 5) is 6.75. The van der Waals surface area contributed by atoms with Crippen molar-refractivity contribution in [2.75, 3.05) is 36.5 Å². The van der Waals surface area contributed by atoms with Crippen LogP contribution >= 0.6 is 11.6 Å². The number of halogens is 1. The maximum absolute atomic E-state index is 6.25. The van der Waals surface area contributed by atoms with Crippen LogP contribution in [0.25, 0.3) is 0 Å². The molecular formula is C15H20ClN5O. The molecule has 1 N–H and O–H groups in total.